The zero-order chi connectivity index (χ0) is 25.0. The predicted molar refractivity (Wildman–Crippen MR) is 130 cm³/mol. The summed E-state index contributed by atoms with van der Waals surface area (Å²) >= 11 is 12.5. The minimum atomic E-state index is -1.53. The highest BCUT2D eigenvalue weighted by molar-refractivity contribution is 6.55. The van der Waals surface area contributed by atoms with E-state index in [2.05, 4.69) is 0 Å². The fraction of sp³-hybridized carbons (Fsp3) is 0.0370. The van der Waals surface area contributed by atoms with Crippen molar-refractivity contribution in [1.29, 1.82) is 0 Å². The Hall–Kier alpha value is -4.00. The third kappa shape index (κ3) is 3.41. The van der Waals surface area contributed by atoms with Crippen LogP contribution in [0.25, 0.3) is 11.5 Å². The molecule has 0 amide bonds. The number of ketones is 4. The average molecular weight is 505 g/mol. The summed E-state index contributed by atoms with van der Waals surface area (Å²) in [5.41, 5.74) is -0.696. The molecule has 0 spiro atoms. The number of carbonyl (C=O) groups is 4. The topological polar surface area (TPSA) is 109 Å². The number of carbonyl (C=O) groups excluding carboxylic acids is 4. The molecule has 0 unspecified atom stereocenters. The van der Waals surface area contributed by atoms with Crippen LogP contribution in [0, 0.1) is 0 Å². The molecule has 3 aromatic rings. The number of aliphatic hydroxyl groups excluding tert-OH is 2. The van der Waals surface area contributed by atoms with Gasteiger partial charge in [0.1, 0.15) is 11.5 Å². The van der Waals surface area contributed by atoms with Gasteiger partial charge < -0.3 is 10.2 Å². The first-order chi connectivity index (χ1) is 16.7. The summed E-state index contributed by atoms with van der Waals surface area (Å²) in [6.07, 6.45) is 0. The van der Waals surface area contributed by atoms with E-state index >= 15 is 0 Å². The van der Waals surface area contributed by atoms with E-state index in [1.165, 1.54) is 42.5 Å². The molecule has 0 bridgehead atoms. The number of hydrogen-bond donors (Lipinski definition) is 2. The van der Waals surface area contributed by atoms with Crippen molar-refractivity contribution >= 4 is 57.9 Å². The molecule has 8 heteroatoms. The van der Waals surface area contributed by atoms with Crippen molar-refractivity contribution in [3.8, 4) is 0 Å². The van der Waals surface area contributed by atoms with E-state index in [-0.39, 0.29) is 37.9 Å². The van der Waals surface area contributed by atoms with Gasteiger partial charge in [-0.1, -0.05) is 77.8 Å². The summed E-state index contributed by atoms with van der Waals surface area (Å²) in [7, 11) is 0. The lowest BCUT2D eigenvalue weighted by atomic mass is 9.72. The van der Waals surface area contributed by atoms with Gasteiger partial charge in [-0.3, -0.25) is 19.2 Å². The number of allylic oxidation sites excluding steroid dienone is 2. The summed E-state index contributed by atoms with van der Waals surface area (Å²) in [4.78, 5) is 52.6. The van der Waals surface area contributed by atoms with Crippen LogP contribution in [0.1, 0.15) is 43.3 Å². The lowest BCUT2D eigenvalue weighted by Gasteiger charge is -2.29. The lowest BCUT2D eigenvalue weighted by Crippen LogP contribution is -2.33. The Labute approximate surface area is 208 Å². The largest absolute Gasteiger partial charge is 0.507 e. The molecule has 0 radical (unpaired) electrons. The van der Waals surface area contributed by atoms with E-state index in [4.69, 9.17) is 23.2 Å². The molecule has 0 aliphatic heterocycles. The Morgan fingerprint density at radius 2 is 1.00 bits per heavy atom. The Bertz CT molecular complexity index is 1470. The minimum absolute atomic E-state index is 0.00122. The Balaban J connectivity index is 1.88. The molecule has 35 heavy (non-hydrogen) atoms. The zero-order valence-corrected chi connectivity index (χ0v) is 19.2. The first-order valence-corrected chi connectivity index (χ1v) is 11.2. The van der Waals surface area contributed by atoms with Gasteiger partial charge in [0, 0.05) is 32.3 Å². The van der Waals surface area contributed by atoms with Gasteiger partial charge in [0.2, 0.25) is 23.1 Å². The SMILES string of the molecule is O=C1C(=O)c2ccccc2C(O)=C1C(C1=C(O)c2ccccc2C(=O)C1=O)c1ccc(Cl)cc1Cl. The molecule has 3 aromatic carbocycles. The molecule has 6 nitrogen and oxygen atoms in total. The summed E-state index contributed by atoms with van der Waals surface area (Å²) < 4.78 is 0. The van der Waals surface area contributed by atoms with Crippen LogP contribution in [-0.4, -0.2) is 33.3 Å². The zero-order valence-electron chi connectivity index (χ0n) is 17.7. The van der Waals surface area contributed by atoms with Gasteiger partial charge in [0.05, 0.1) is 17.1 Å². The van der Waals surface area contributed by atoms with E-state index in [1.54, 1.807) is 24.3 Å². The molecule has 5 rings (SSSR count). The van der Waals surface area contributed by atoms with Gasteiger partial charge in [-0.2, -0.15) is 0 Å². The normalized spacial score (nSPS) is 15.6. The van der Waals surface area contributed by atoms with E-state index < -0.39 is 51.7 Å². The highest BCUT2D eigenvalue weighted by atomic mass is 35.5. The van der Waals surface area contributed by atoms with Crippen molar-refractivity contribution in [2.45, 2.75) is 5.92 Å². The molecule has 0 atom stereocenters. The summed E-state index contributed by atoms with van der Waals surface area (Å²) in [5, 5.41) is 22.6. The second kappa shape index (κ2) is 8.34. The second-order valence-corrected chi connectivity index (χ2v) is 8.87. The van der Waals surface area contributed by atoms with Crippen molar-refractivity contribution in [1.82, 2.24) is 0 Å². The second-order valence-electron chi connectivity index (χ2n) is 8.03. The van der Waals surface area contributed by atoms with Crippen LogP contribution in [0.2, 0.25) is 10.0 Å². The maximum atomic E-state index is 13.3. The van der Waals surface area contributed by atoms with Gasteiger partial charge >= 0.3 is 0 Å². The number of rotatable bonds is 3. The highest BCUT2D eigenvalue weighted by Gasteiger charge is 2.45. The predicted octanol–water partition coefficient (Wildman–Crippen LogP) is 5.55. The molecule has 0 saturated heterocycles. The first-order valence-electron chi connectivity index (χ1n) is 10.4. The number of benzene rings is 3. The maximum absolute atomic E-state index is 13.3. The van der Waals surface area contributed by atoms with Crippen molar-refractivity contribution in [2.75, 3.05) is 0 Å². The number of aliphatic hydroxyl groups is 2. The Morgan fingerprint density at radius 1 is 0.571 bits per heavy atom. The quantitative estimate of drug-likeness (QED) is 0.452. The first kappa shape index (κ1) is 22.8. The maximum Gasteiger partial charge on any atom is 0.234 e. The monoisotopic (exact) mass is 504 g/mol. The summed E-state index contributed by atoms with van der Waals surface area (Å²) in [6, 6.07) is 16.1. The number of halogens is 2. The Kier molecular flexibility index (Phi) is 5.43. The van der Waals surface area contributed by atoms with Crippen molar-refractivity contribution in [3.63, 3.8) is 0 Å². The van der Waals surface area contributed by atoms with E-state index in [9.17, 15) is 29.4 Å². The number of Topliss-reactive ketones (excluding diaryl/α,β-unsaturated/α-hetero) is 4. The van der Waals surface area contributed by atoms with Crippen molar-refractivity contribution in [3.05, 3.63) is 116 Å². The smallest absolute Gasteiger partial charge is 0.234 e. The van der Waals surface area contributed by atoms with Gasteiger partial charge in [0.25, 0.3) is 0 Å². The lowest BCUT2D eigenvalue weighted by molar-refractivity contribution is -0.112. The van der Waals surface area contributed by atoms with Crippen LogP contribution < -0.4 is 0 Å². The fourth-order valence-electron chi connectivity index (χ4n) is 4.50. The fourth-order valence-corrected chi connectivity index (χ4v) is 5.01. The molecule has 0 saturated carbocycles. The Morgan fingerprint density at radius 3 is 1.43 bits per heavy atom. The average Bonchev–Trinajstić information content (AvgIpc) is 2.85. The third-order valence-corrected chi connectivity index (χ3v) is 6.68. The molecule has 2 aliphatic rings. The van der Waals surface area contributed by atoms with Crippen LogP contribution in [0.5, 0.6) is 0 Å². The molecule has 0 aromatic heterocycles. The summed E-state index contributed by atoms with van der Waals surface area (Å²) in [6.45, 7) is 0. The molecule has 172 valence electrons. The number of fused-ring (bicyclic) bond motifs is 2. The molecular weight excluding hydrogens is 491 g/mol. The number of hydrogen-bond acceptors (Lipinski definition) is 6. The van der Waals surface area contributed by atoms with Gasteiger partial charge in [-0.05, 0) is 17.7 Å². The van der Waals surface area contributed by atoms with Crippen LogP contribution in [-0.2, 0) is 9.59 Å². The van der Waals surface area contributed by atoms with Crippen LogP contribution >= 0.6 is 23.2 Å². The van der Waals surface area contributed by atoms with Crippen molar-refractivity contribution in [2.24, 2.45) is 0 Å². The van der Waals surface area contributed by atoms with Gasteiger partial charge in [-0.25, -0.2) is 0 Å². The van der Waals surface area contributed by atoms with Crippen molar-refractivity contribution < 1.29 is 29.4 Å². The van der Waals surface area contributed by atoms with E-state index in [0.717, 1.165) is 0 Å². The van der Waals surface area contributed by atoms with Crippen LogP contribution in [0.3, 0.4) is 0 Å². The highest BCUT2D eigenvalue weighted by Crippen LogP contribution is 2.46. The standard InChI is InChI=1S/C27H14Cl2O6/c28-12-9-10-17(18(29)11-12)19(20-22(30)13-5-1-3-7-15(13)24(32)26(20)34)21-23(31)14-6-2-4-8-16(14)25(33)27(21)35/h1-11,19,30-31H. The van der Waals surface area contributed by atoms with Gasteiger partial charge in [-0.15, -0.1) is 0 Å². The molecule has 0 heterocycles. The van der Waals surface area contributed by atoms with E-state index in [0.29, 0.717) is 0 Å². The summed E-state index contributed by atoms with van der Waals surface area (Å²) in [5.74, 6) is -6.62. The molecular formula is C27H14Cl2O6. The minimum Gasteiger partial charge on any atom is -0.507 e. The van der Waals surface area contributed by atoms with E-state index in [1.807, 2.05) is 0 Å². The third-order valence-electron chi connectivity index (χ3n) is 6.12. The van der Waals surface area contributed by atoms with Crippen LogP contribution in [0.4, 0.5) is 0 Å². The molecule has 2 aliphatic carbocycles. The van der Waals surface area contributed by atoms with Crippen LogP contribution in [0.15, 0.2) is 77.9 Å². The molecule has 0 fully saturated rings. The van der Waals surface area contributed by atoms with Gasteiger partial charge in [0.15, 0.2) is 0 Å². The molecule has 2 N–H and O–H groups in total.